The minimum absolute atomic E-state index is 0.0239. The van der Waals surface area contributed by atoms with Crippen LogP contribution < -0.4 is 5.32 Å². The van der Waals surface area contributed by atoms with Gasteiger partial charge in [0.25, 0.3) is 0 Å². The molecule has 3 aliphatic rings. The van der Waals surface area contributed by atoms with Gasteiger partial charge in [-0.05, 0) is 36.5 Å². The highest BCUT2D eigenvalue weighted by Gasteiger charge is 2.37. The molecule has 2 aliphatic carbocycles. The number of fused-ring (bicyclic) bond motifs is 1. The molecular formula is C19H21ClN2O2. The van der Waals surface area contributed by atoms with Crippen molar-refractivity contribution in [2.45, 2.75) is 56.5 Å². The third-order valence-corrected chi connectivity index (χ3v) is 5.58. The van der Waals surface area contributed by atoms with Crippen LogP contribution in [-0.2, 0) is 4.79 Å². The molecule has 0 bridgehead atoms. The Morgan fingerprint density at radius 2 is 2.04 bits per heavy atom. The number of halogens is 1. The zero-order valence-corrected chi connectivity index (χ0v) is 14.2. The van der Waals surface area contributed by atoms with Gasteiger partial charge in [-0.2, -0.15) is 0 Å². The Labute approximate surface area is 146 Å². The number of hydrogen-bond donors (Lipinski definition) is 2. The van der Waals surface area contributed by atoms with Gasteiger partial charge in [-0.3, -0.25) is 9.79 Å². The fraction of sp³-hybridized carbons (Fsp3) is 0.474. The van der Waals surface area contributed by atoms with Crippen LogP contribution in [0.25, 0.3) is 0 Å². The molecule has 4 rings (SSSR count). The van der Waals surface area contributed by atoms with Gasteiger partial charge in [0, 0.05) is 23.9 Å². The summed E-state index contributed by atoms with van der Waals surface area (Å²) >= 11 is 6.05. The summed E-state index contributed by atoms with van der Waals surface area (Å²) in [6.45, 7) is 0. The molecule has 0 amide bonds. The third-order valence-electron chi connectivity index (χ3n) is 5.34. The Bertz CT molecular complexity index is 741. The Hall–Kier alpha value is -1.81. The Balaban J connectivity index is 1.59. The maximum absolute atomic E-state index is 12.7. The molecule has 1 aromatic rings. The normalized spacial score (nSPS) is 30.0. The molecule has 0 radical (unpaired) electrons. The Morgan fingerprint density at radius 3 is 2.79 bits per heavy atom. The monoisotopic (exact) mass is 344 g/mol. The van der Waals surface area contributed by atoms with Crippen LogP contribution in [0.1, 0.15) is 50.0 Å². The predicted molar refractivity (Wildman–Crippen MR) is 94.7 cm³/mol. The number of carbonyl (C=O) groups excluding carboxylic acids is 1. The van der Waals surface area contributed by atoms with Crippen LogP contribution in [0.2, 0.25) is 5.02 Å². The van der Waals surface area contributed by atoms with Crippen LogP contribution in [0, 0.1) is 0 Å². The van der Waals surface area contributed by atoms with E-state index in [2.05, 4.69) is 5.32 Å². The number of rotatable bonds is 2. The molecule has 0 aromatic heterocycles. The van der Waals surface area contributed by atoms with E-state index in [9.17, 15) is 9.90 Å². The van der Waals surface area contributed by atoms with Crippen molar-refractivity contribution < 1.29 is 9.90 Å². The lowest BCUT2D eigenvalue weighted by Gasteiger charge is -2.25. The standard InChI is InChI=1S/C19H21ClN2O2/c20-13-5-3-4-11(8-13)12-9-16(23)18(17(24)10-12)19-21-14-6-1-2-7-15(14)22-19/h3-5,8,12,14-15,23H,1-2,6-7,9-10H2,(H,21,22)/t12?,14-,15-/m1/s1. The van der Waals surface area contributed by atoms with Gasteiger partial charge in [0.1, 0.15) is 11.6 Å². The van der Waals surface area contributed by atoms with Gasteiger partial charge in [-0.1, -0.05) is 36.6 Å². The van der Waals surface area contributed by atoms with Crippen molar-refractivity contribution in [2.75, 3.05) is 0 Å². The molecule has 126 valence electrons. The molecule has 1 aliphatic heterocycles. The van der Waals surface area contributed by atoms with Gasteiger partial charge in [0.05, 0.1) is 11.6 Å². The Morgan fingerprint density at radius 1 is 1.21 bits per heavy atom. The number of Topliss-reactive ketones (excluding diaryl/α,β-unsaturated/α-hetero) is 1. The number of aliphatic hydroxyl groups excluding tert-OH is 1. The number of aliphatic hydroxyl groups is 1. The van der Waals surface area contributed by atoms with E-state index in [0.717, 1.165) is 18.4 Å². The topological polar surface area (TPSA) is 61.7 Å². The second-order valence-corrected chi connectivity index (χ2v) is 7.42. The molecule has 24 heavy (non-hydrogen) atoms. The van der Waals surface area contributed by atoms with Gasteiger partial charge in [0.2, 0.25) is 0 Å². The molecular weight excluding hydrogens is 324 g/mol. The quantitative estimate of drug-likeness (QED) is 0.855. The van der Waals surface area contributed by atoms with E-state index in [1.165, 1.54) is 12.8 Å². The summed E-state index contributed by atoms with van der Waals surface area (Å²) in [4.78, 5) is 17.4. The lowest BCUT2D eigenvalue weighted by atomic mass is 9.82. The number of ketones is 1. The number of hydrogen-bond acceptors (Lipinski definition) is 4. The average Bonchev–Trinajstić information content (AvgIpc) is 2.97. The van der Waals surface area contributed by atoms with Crippen LogP contribution in [0.3, 0.4) is 0 Å². The number of nitrogens with one attached hydrogen (secondary N) is 1. The van der Waals surface area contributed by atoms with E-state index in [4.69, 9.17) is 16.6 Å². The first-order chi connectivity index (χ1) is 11.6. The summed E-state index contributed by atoms with van der Waals surface area (Å²) in [5.41, 5.74) is 1.40. The number of allylic oxidation sites excluding steroid dienone is 1. The summed E-state index contributed by atoms with van der Waals surface area (Å²) in [6, 6.07) is 8.11. The largest absolute Gasteiger partial charge is 0.511 e. The van der Waals surface area contributed by atoms with Crippen molar-refractivity contribution in [1.29, 1.82) is 0 Å². The average molecular weight is 345 g/mol. The van der Waals surface area contributed by atoms with Crippen molar-refractivity contribution in [3.05, 3.63) is 46.2 Å². The summed E-state index contributed by atoms with van der Waals surface area (Å²) in [5, 5.41) is 14.6. The molecule has 1 saturated carbocycles. The number of nitrogens with zero attached hydrogens (tertiary/aromatic N) is 1. The smallest absolute Gasteiger partial charge is 0.170 e. The molecule has 1 unspecified atom stereocenters. The summed E-state index contributed by atoms with van der Waals surface area (Å²) < 4.78 is 0. The van der Waals surface area contributed by atoms with E-state index >= 15 is 0 Å². The first-order valence-corrected chi connectivity index (χ1v) is 9.05. The number of amidine groups is 1. The minimum Gasteiger partial charge on any atom is -0.511 e. The number of aliphatic imine (C=N–C) groups is 1. The molecule has 0 saturated heterocycles. The summed E-state index contributed by atoms with van der Waals surface area (Å²) in [7, 11) is 0. The SMILES string of the molecule is O=C1CC(c2cccc(Cl)c2)CC(O)=C1C1=N[C@@H]2CCCC[C@H]2N1. The first kappa shape index (κ1) is 15.7. The van der Waals surface area contributed by atoms with Crippen molar-refractivity contribution in [1.82, 2.24) is 5.32 Å². The van der Waals surface area contributed by atoms with Crippen molar-refractivity contribution in [3.8, 4) is 0 Å². The Kier molecular flexibility index (Phi) is 4.09. The van der Waals surface area contributed by atoms with Crippen molar-refractivity contribution >= 4 is 23.2 Å². The maximum atomic E-state index is 12.7. The van der Waals surface area contributed by atoms with E-state index in [1.807, 2.05) is 24.3 Å². The number of carbonyl (C=O) groups is 1. The molecule has 0 spiro atoms. The zero-order valence-electron chi connectivity index (χ0n) is 13.5. The molecule has 3 atom stereocenters. The van der Waals surface area contributed by atoms with Gasteiger partial charge >= 0.3 is 0 Å². The fourth-order valence-corrected chi connectivity index (χ4v) is 4.31. The minimum atomic E-state index is -0.0337. The number of benzene rings is 1. The fourth-order valence-electron chi connectivity index (χ4n) is 4.11. The van der Waals surface area contributed by atoms with E-state index in [-0.39, 0.29) is 23.5 Å². The predicted octanol–water partition coefficient (Wildman–Crippen LogP) is 3.91. The second kappa shape index (κ2) is 6.25. The highest BCUT2D eigenvalue weighted by atomic mass is 35.5. The van der Waals surface area contributed by atoms with Crippen molar-refractivity contribution in [2.24, 2.45) is 4.99 Å². The van der Waals surface area contributed by atoms with E-state index < -0.39 is 0 Å². The lowest BCUT2D eigenvalue weighted by molar-refractivity contribution is -0.116. The zero-order chi connectivity index (χ0) is 16.7. The third kappa shape index (κ3) is 2.84. The molecule has 2 N–H and O–H groups in total. The van der Waals surface area contributed by atoms with Crippen LogP contribution in [-0.4, -0.2) is 28.8 Å². The van der Waals surface area contributed by atoms with Crippen LogP contribution >= 0.6 is 11.6 Å². The summed E-state index contributed by atoms with van der Waals surface area (Å²) in [5.74, 6) is 0.706. The maximum Gasteiger partial charge on any atom is 0.170 e. The highest BCUT2D eigenvalue weighted by Crippen LogP contribution is 2.36. The highest BCUT2D eigenvalue weighted by molar-refractivity contribution is 6.30. The molecule has 4 nitrogen and oxygen atoms in total. The molecule has 5 heteroatoms. The second-order valence-electron chi connectivity index (χ2n) is 6.99. The van der Waals surface area contributed by atoms with Gasteiger partial charge in [-0.25, -0.2) is 0 Å². The van der Waals surface area contributed by atoms with Gasteiger partial charge in [-0.15, -0.1) is 0 Å². The van der Waals surface area contributed by atoms with Crippen molar-refractivity contribution in [3.63, 3.8) is 0 Å². The van der Waals surface area contributed by atoms with E-state index in [0.29, 0.717) is 35.3 Å². The van der Waals surface area contributed by atoms with Crippen LogP contribution in [0.15, 0.2) is 40.6 Å². The molecule has 1 fully saturated rings. The first-order valence-electron chi connectivity index (χ1n) is 8.67. The van der Waals surface area contributed by atoms with Crippen LogP contribution in [0.4, 0.5) is 0 Å². The van der Waals surface area contributed by atoms with E-state index in [1.54, 1.807) is 0 Å². The lowest BCUT2D eigenvalue weighted by Crippen LogP contribution is -2.39. The van der Waals surface area contributed by atoms with Gasteiger partial charge in [0.15, 0.2) is 5.78 Å². The van der Waals surface area contributed by atoms with Crippen LogP contribution in [0.5, 0.6) is 0 Å². The molecule has 1 heterocycles. The summed E-state index contributed by atoms with van der Waals surface area (Å²) in [6.07, 6.45) is 5.38. The molecule has 1 aromatic carbocycles. The van der Waals surface area contributed by atoms with Gasteiger partial charge < -0.3 is 10.4 Å².